The van der Waals surface area contributed by atoms with Crippen molar-refractivity contribution in [1.82, 2.24) is 10.3 Å². The van der Waals surface area contributed by atoms with E-state index in [0.717, 1.165) is 22.9 Å². The number of rotatable bonds is 4. The van der Waals surface area contributed by atoms with Crippen molar-refractivity contribution in [2.24, 2.45) is 0 Å². The number of H-pyrrole nitrogens is 1. The van der Waals surface area contributed by atoms with Gasteiger partial charge in [-0.25, -0.2) is 0 Å². The van der Waals surface area contributed by atoms with E-state index in [1.54, 1.807) is 24.3 Å². The molecular weight excluding hydrogens is 350 g/mol. The second-order valence-electron chi connectivity index (χ2n) is 7.40. The van der Waals surface area contributed by atoms with E-state index in [9.17, 15) is 9.59 Å². The summed E-state index contributed by atoms with van der Waals surface area (Å²) in [5.41, 5.74) is 5.63. The number of amides is 2. The minimum Gasteiger partial charge on any atom is -0.361 e. The van der Waals surface area contributed by atoms with Crippen molar-refractivity contribution >= 4 is 28.4 Å². The van der Waals surface area contributed by atoms with E-state index in [1.165, 1.54) is 11.1 Å². The summed E-state index contributed by atoms with van der Waals surface area (Å²) in [6, 6.07) is 12.6. The SMILES string of the molecule is CC(C)=CCc1cccc2c(C[C@@H]3NC(=O)c4ccccc4NC3=O)c[nH]c12. The van der Waals surface area contributed by atoms with Gasteiger partial charge in [0.25, 0.3) is 5.91 Å². The quantitative estimate of drug-likeness (QED) is 0.606. The molecule has 3 N–H and O–H groups in total. The summed E-state index contributed by atoms with van der Waals surface area (Å²) in [5.74, 6) is -0.434. The lowest BCUT2D eigenvalue weighted by atomic mass is 10.0. The third-order valence-electron chi connectivity index (χ3n) is 5.09. The average Bonchev–Trinajstić information content (AvgIpc) is 3.04. The van der Waals surface area contributed by atoms with Crippen molar-refractivity contribution in [2.75, 3.05) is 5.32 Å². The Hall–Kier alpha value is -3.34. The molecule has 28 heavy (non-hydrogen) atoms. The maximum atomic E-state index is 12.7. The van der Waals surface area contributed by atoms with Crippen molar-refractivity contribution in [3.8, 4) is 0 Å². The highest BCUT2D eigenvalue weighted by molar-refractivity contribution is 6.10. The zero-order chi connectivity index (χ0) is 19.7. The molecule has 1 aliphatic heterocycles. The number of allylic oxidation sites excluding steroid dienone is 2. The van der Waals surface area contributed by atoms with E-state index in [2.05, 4.69) is 47.7 Å². The van der Waals surface area contributed by atoms with Gasteiger partial charge in [0.15, 0.2) is 0 Å². The summed E-state index contributed by atoms with van der Waals surface area (Å²) < 4.78 is 0. The number of carbonyl (C=O) groups is 2. The van der Waals surface area contributed by atoms with E-state index in [-0.39, 0.29) is 11.8 Å². The number of anilines is 1. The van der Waals surface area contributed by atoms with E-state index < -0.39 is 6.04 Å². The van der Waals surface area contributed by atoms with Crippen LogP contribution in [0.2, 0.25) is 0 Å². The first-order valence-corrected chi connectivity index (χ1v) is 9.45. The minimum absolute atomic E-state index is 0.201. The molecule has 3 aromatic rings. The van der Waals surface area contributed by atoms with Crippen molar-refractivity contribution in [2.45, 2.75) is 32.7 Å². The Morgan fingerprint density at radius 1 is 1.04 bits per heavy atom. The van der Waals surface area contributed by atoms with Crippen molar-refractivity contribution < 1.29 is 9.59 Å². The smallest absolute Gasteiger partial charge is 0.254 e. The van der Waals surface area contributed by atoms with Gasteiger partial charge in [-0.15, -0.1) is 0 Å². The van der Waals surface area contributed by atoms with E-state index >= 15 is 0 Å². The fraction of sp³-hybridized carbons (Fsp3) is 0.217. The Morgan fingerprint density at radius 2 is 1.86 bits per heavy atom. The van der Waals surface area contributed by atoms with Crippen LogP contribution in [0.15, 0.2) is 60.3 Å². The van der Waals surface area contributed by atoms with Gasteiger partial charge in [-0.05, 0) is 43.5 Å². The van der Waals surface area contributed by atoms with Gasteiger partial charge < -0.3 is 15.6 Å². The number of nitrogens with one attached hydrogen (secondary N) is 3. The van der Waals surface area contributed by atoms with Gasteiger partial charge in [0, 0.05) is 23.5 Å². The van der Waals surface area contributed by atoms with Crippen LogP contribution in [0, 0.1) is 0 Å². The van der Waals surface area contributed by atoms with Crippen molar-refractivity contribution in [3.63, 3.8) is 0 Å². The first-order valence-electron chi connectivity index (χ1n) is 9.45. The lowest BCUT2D eigenvalue weighted by Gasteiger charge is -2.14. The van der Waals surface area contributed by atoms with Gasteiger partial charge in [-0.3, -0.25) is 9.59 Å². The fourth-order valence-electron chi connectivity index (χ4n) is 3.60. The first-order chi connectivity index (χ1) is 13.5. The number of aromatic nitrogens is 1. The van der Waals surface area contributed by atoms with Crippen LogP contribution in [-0.4, -0.2) is 22.8 Å². The zero-order valence-electron chi connectivity index (χ0n) is 16.0. The van der Waals surface area contributed by atoms with Gasteiger partial charge in [0.1, 0.15) is 6.04 Å². The molecule has 2 aromatic carbocycles. The van der Waals surface area contributed by atoms with Crippen LogP contribution in [0.1, 0.15) is 35.3 Å². The molecule has 0 saturated carbocycles. The molecule has 0 bridgehead atoms. The zero-order valence-corrected chi connectivity index (χ0v) is 16.0. The molecule has 5 heteroatoms. The lowest BCUT2D eigenvalue weighted by Crippen LogP contribution is -2.42. The second kappa shape index (κ2) is 7.35. The van der Waals surface area contributed by atoms with Crippen LogP contribution in [0.5, 0.6) is 0 Å². The number of aromatic amines is 1. The maximum absolute atomic E-state index is 12.7. The molecule has 1 aromatic heterocycles. The molecule has 0 saturated heterocycles. The van der Waals surface area contributed by atoms with Gasteiger partial charge >= 0.3 is 0 Å². The number of fused-ring (bicyclic) bond motifs is 2. The van der Waals surface area contributed by atoms with Crippen LogP contribution in [0.25, 0.3) is 10.9 Å². The van der Waals surface area contributed by atoms with E-state index in [4.69, 9.17) is 0 Å². The Kier molecular flexibility index (Phi) is 4.74. The fourth-order valence-corrected chi connectivity index (χ4v) is 3.60. The third-order valence-corrected chi connectivity index (χ3v) is 5.09. The molecule has 4 rings (SSSR count). The molecule has 142 valence electrons. The molecule has 0 unspecified atom stereocenters. The van der Waals surface area contributed by atoms with Crippen LogP contribution in [0.4, 0.5) is 5.69 Å². The predicted octanol–water partition coefficient (Wildman–Crippen LogP) is 3.97. The van der Waals surface area contributed by atoms with Crippen LogP contribution in [-0.2, 0) is 17.6 Å². The molecule has 2 amide bonds. The summed E-state index contributed by atoms with van der Waals surface area (Å²) in [6.07, 6.45) is 5.42. The second-order valence-corrected chi connectivity index (χ2v) is 7.40. The van der Waals surface area contributed by atoms with E-state index in [1.807, 2.05) is 12.3 Å². The van der Waals surface area contributed by atoms with Crippen molar-refractivity contribution in [3.05, 3.63) is 77.0 Å². The number of hydrogen-bond acceptors (Lipinski definition) is 2. The predicted molar refractivity (Wildman–Crippen MR) is 111 cm³/mol. The number of hydrogen-bond donors (Lipinski definition) is 3. The molecule has 5 nitrogen and oxygen atoms in total. The monoisotopic (exact) mass is 373 g/mol. The molecule has 1 aliphatic rings. The number of carbonyl (C=O) groups excluding carboxylic acids is 2. The molecule has 0 aliphatic carbocycles. The number of para-hydroxylation sites is 2. The van der Waals surface area contributed by atoms with Gasteiger partial charge in [0.2, 0.25) is 5.91 Å². The largest absolute Gasteiger partial charge is 0.361 e. The lowest BCUT2D eigenvalue weighted by molar-refractivity contribution is -0.117. The summed E-state index contributed by atoms with van der Waals surface area (Å²) in [4.78, 5) is 28.6. The third kappa shape index (κ3) is 3.43. The standard InChI is InChI=1S/C23H23N3O2/c1-14(2)10-11-15-6-5-8-17-16(13-24-21(15)17)12-20-23(28)25-19-9-4-3-7-18(19)22(27)26-20/h3-10,13,20,24H,11-12H2,1-2H3,(H,25,28)(H,26,27)/t20-/m0/s1. The Morgan fingerprint density at radius 3 is 2.68 bits per heavy atom. The average molecular weight is 373 g/mol. The van der Waals surface area contributed by atoms with E-state index in [0.29, 0.717) is 17.7 Å². The van der Waals surface area contributed by atoms with Crippen LogP contribution < -0.4 is 10.6 Å². The van der Waals surface area contributed by atoms with Crippen molar-refractivity contribution in [1.29, 1.82) is 0 Å². The molecule has 0 spiro atoms. The summed E-state index contributed by atoms with van der Waals surface area (Å²) >= 11 is 0. The molecule has 0 radical (unpaired) electrons. The highest BCUT2D eigenvalue weighted by Gasteiger charge is 2.28. The first kappa shape index (κ1) is 18.0. The van der Waals surface area contributed by atoms with Crippen LogP contribution in [0.3, 0.4) is 0 Å². The topological polar surface area (TPSA) is 74.0 Å². The Balaban J connectivity index is 1.62. The normalized spacial score (nSPS) is 16.1. The minimum atomic E-state index is -0.625. The number of benzene rings is 2. The highest BCUT2D eigenvalue weighted by atomic mass is 16.2. The van der Waals surface area contributed by atoms with Gasteiger partial charge in [0.05, 0.1) is 11.3 Å². The Bertz CT molecular complexity index is 1090. The summed E-state index contributed by atoms with van der Waals surface area (Å²) in [7, 11) is 0. The Labute approximate surface area is 163 Å². The van der Waals surface area contributed by atoms with Gasteiger partial charge in [-0.1, -0.05) is 42.0 Å². The van der Waals surface area contributed by atoms with Gasteiger partial charge in [-0.2, -0.15) is 0 Å². The maximum Gasteiger partial charge on any atom is 0.254 e. The molecular formula is C23H23N3O2. The molecule has 0 fully saturated rings. The molecule has 1 atom stereocenters. The summed E-state index contributed by atoms with van der Waals surface area (Å²) in [5, 5.41) is 6.82. The molecule has 2 heterocycles. The highest BCUT2D eigenvalue weighted by Crippen LogP contribution is 2.25. The summed E-state index contributed by atoms with van der Waals surface area (Å²) in [6.45, 7) is 4.18. The van der Waals surface area contributed by atoms with Crippen LogP contribution >= 0.6 is 0 Å².